The number of nitrogens with one attached hydrogen (secondary N) is 1. The van der Waals surface area contributed by atoms with Crippen LogP contribution in [0.4, 0.5) is 0 Å². The average molecular weight is 136 g/mol. The van der Waals surface area contributed by atoms with E-state index in [9.17, 15) is 0 Å². The van der Waals surface area contributed by atoms with Gasteiger partial charge in [-0.15, -0.1) is 0 Å². The molecule has 2 nitrogen and oxygen atoms in total. The van der Waals surface area contributed by atoms with E-state index in [4.69, 9.17) is 0 Å². The standard InChI is InChI=1S/C8H12N2/c1-2-7-6-9-5-3-8(7)10-4-1/h1-2,6-8,10H,3-5H2. The van der Waals surface area contributed by atoms with Crippen molar-refractivity contribution >= 4 is 6.21 Å². The highest BCUT2D eigenvalue weighted by Crippen LogP contribution is 2.14. The predicted octanol–water partition coefficient (Wildman–Crippen LogP) is 0.605. The van der Waals surface area contributed by atoms with Crippen LogP contribution in [0.25, 0.3) is 0 Å². The maximum atomic E-state index is 4.25. The molecule has 1 N–H and O–H groups in total. The first kappa shape index (κ1) is 6.10. The van der Waals surface area contributed by atoms with E-state index in [2.05, 4.69) is 28.7 Å². The molecule has 0 radical (unpaired) electrons. The van der Waals surface area contributed by atoms with Crippen LogP contribution in [0.3, 0.4) is 0 Å². The van der Waals surface area contributed by atoms with Gasteiger partial charge < -0.3 is 5.32 Å². The highest BCUT2D eigenvalue weighted by atomic mass is 14.9. The van der Waals surface area contributed by atoms with E-state index in [1.165, 1.54) is 6.42 Å². The zero-order valence-electron chi connectivity index (χ0n) is 5.96. The van der Waals surface area contributed by atoms with Crippen molar-refractivity contribution < 1.29 is 0 Å². The Morgan fingerprint density at radius 3 is 3.40 bits per heavy atom. The molecule has 0 aromatic heterocycles. The molecule has 2 rings (SSSR count). The van der Waals surface area contributed by atoms with Crippen LogP contribution in [0, 0.1) is 5.92 Å². The Morgan fingerprint density at radius 1 is 1.50 bits per heavy atom. The van der Waals surface area contributed by atoms with Crippen molar-refractivity contribution in [3.63, 3.8) is 0 Å². The van der Waals surface area contributed by atoms with Gasteiger partial charge in [-0.3, -0.25) is 4.99 Å². The summed E-state index contributed by atoms with van der Waals surface area (Å²) in [6.45, 7) is 2.04. The van der Waals surface area contributed by atoms with Gasteiger partial charge in [-0.05, 0) is 6.42 Å². The van der Waals surface area contributed by atoms with Gasteiger partial charge in [0.1, 0.15) is 0 Å². The second kappa shape index (κ2) is 2.54. The van der Waals surface area contributed by atoms with Crippen molar-refractivity contribution in [2.45, 2.75) is 12.5 Å². The van der Waals surface area contributed by atoms with Gasteiger partial charge in [-0.2, -0.15) is 0 Å². The molecule has 2 atom stereocenters. The third-order valence-electron chi connectivity index (χ3n) is 2.17. The summed E-state index contributed by atoms with van der Waals surface area (Å²) in [5.74, 6) is 0.572. The third kappa shape index (κ3) is 0.991. The van der Waals surface area contributed by atoms with E-state index in [0.717, 1.165) is 13.1 Å². The first-order valence-electron chi connectivity index (χ1n) is 3.87. The van der Waals surface area contributed by atoms with Gasteiger partial charge in [0.2, 0.25) is 0 Å². The minimum Gasteiger partial charge on any atom is -0.310 e. The molecule has 0 saturated carbocycles. The topological polar surface area (TPSA) is 24.4 Å². The second-order valence-corrected chi connectivity index (χ2v) is 2.86. The number of nitrogens with zero attached hydrogens (tertiary/aromatic N) is 1. The molecule has 0 aromatic rings. The van der Waals surface area contributed by atoms with Crippen LogP contribution < -0.4 is 5.32 Å². The van der Waals surface area contributed by atoms with Gasteiger partial charge in [0, 0.05) is 31.3 Å². The van der Waals surface area contributed by atoms with E-state index in [-0.39, 0.29) is 0 Å². The molecule has 0 aromatic carbocycles. The molecule has 2 unspecified atom stereocenters. The number of hydrogen-bond acceptors (Lipinski definition) is 2. The van der Waals surface area contributed by atoms with Crippen molar-refractivity contribution in [1.82, 2.24) is 5.32 Å². The molecule has 0 fully saturated rings. The van der Waals surface area contributed by atoms with Gasteiger partial charge in [-0.1, -0.05) is 12.2 Å². The van der Waals surface area contributed by atoms with Gasteiger partial charge in [-0.25, -0.2) is 0 Å². The van der Waals surface area contributed by atoms with Crippen LogP contribution in [0.15, 0.2) is 17.1 Å². The van der Waals surface area contributed by atoms with Crippen molar-refractivity contribution in [3.8, 4) is 0 Å². The lowest BCUT2D eigenvalue weighted by molar-refractivity contribution is 0.443. The molecule has 0 amide bonds. The summed E-state index contributed by atoms with van der Waals surface area (Å²) >= 11 is 0. The zero-order chi connectivity index (χ0) is 6.81. The summed E-state index contributed by atoms with van der Waals surface area (Å²) in [6, 6.07) is 0.669. The lowest BCUT2D eigenvalue weighted by Crippen LogP contribution is -2.41. The van der Waals surface area contributed by atoms with Gasteiger partial charge in [0.25, 0.3) is 0 Å². The van der Waals surface area contributed by atoms with Crippen LogP contribution in [-0.4, -0.2) is 25.3 Å². The molecule has 0 spiro atoms. The Morgan fingerprint density at radius 2 is 2.50 bits per heavy atom. The van der Waals surface area contributed by atoms with Crippen LogP contribution >= 0.6 is 0 Å². The van der Waals surface area contributed by atoms with E-state index in [0.29, 0.717) is 12.0 Å². The summed E-state index contributed by atoms with van der Waals surface area (Å²) in [5, 5.41) is 3.44. The van der Waals surface area contributed by atoms with Gasteiger partial charge in [0.15, 0.2) is 0 Å². The van der Waals surface area contributed by atoms with E-state index >= 15 is 0 Å². The summed E-state index contributed by atoms with van der Waals surface area (Å²) in [7, 11) is 0. The highest BCUT2D eigenvalue weighted by Gasteiger charge is 2.20. The molecule has 10 heavy (non-hydrogen) atoms. The number of aliphatic imine (C=N–C) groups is 1. The van der Waals surface area contributed by atoms with E-state index < -0.39 is 0 Å². The quantitative estimate of drug-likeness (QED) is 0.485. The number of fused-ring (bicyclic) bond motifs is 1. The minimum atomic E-state index is 0.572. The smallest absolute Gasteiger partial charge is 0.0400 e. The fourth-order valence-corrected chi connectivity index (χ4v) is 1.57. The first-order chi connectivity index (χ1) is 4.97. The number of hydrogen-bond donors (Lipinski definition) is 1. The van der Waals surface area contributed by atoms with Crippen molar-refractivity contribution in [2.24, 2.45) is 10.9 Å². The normalized spacial score (nSPS) is 37.6. The van der Waals surface area contributed by atoms with E-state index in [1.807, 2.05) is 0 Å². The summed E-state index contributed by atoms with van der Waals surface area (Å²) in [5.41, 5.74) is 0. The minimum absolute atomic E-state index is 0.572. The van der Waals surface area contributed by atoms with Crippen LogP contribution in [0.2, 0.25) is 0 Å². The molecule has 2 heterocycles. The van der Waals surface area contributed by atoms with Crippen molar-refractivity contribution in [1.29, 1.82) is 0 Å². The Labute approximate surface area is 61.0 Å². The first-order valence-corrected chi connectivity index (χ1v) is 3.87. The van der Waals surface area contributed by atoms with E-state index in [1.54, 1.807) is 0 Å². The largest absolute Gasteiger partial charge is 0.310 e. The summed E-state index contributed by atoms with van der Waals surface area (Å²) < 4.78 is 0. The SMILES string of the molecule is C1=CC2C=NCCC2NC1. The zero-order valence-corrected chi connectivity index (χ0v) is 5.96. The Balaban J connectivity index is 2.15. The lowest BCUT2D eigenvalue weighted by atomic mass is 9.93. The molecular weight excluding hydrogens is 124 g/mol. The summed E-state index contributed by atoms with van der Waals surface area (Å²) in [4.78, 5) is 4.25. The van der Waals surface area contributed by atoms with Crippen LogP contribution in [0.1, 0.15) is 6.42 Å². The fraction of sp³-hybridized carbons (Fsp3) is 0.625. The maximum Gasteiger partial charge on any atom is 0.0400 e. The van der Waals surface area contributed by atoms with Crippen molar-refractivity contribution in [3.05, 3.63) is 12.2 Å². The Kier molecular flexibility index (Phi) is 1.55. The third-order valence-corrected chi connectivity index (χ3v) is 2.17. The maximum absolute atomic E-state index is 4.25. The molecule has 2 heteroatoms. The molecule has 2 aliphatic rings. The van der Waals surface area contributed by atoms with Crippen LogP contribution in [0.5, 0.6) is 0 Å². The fourth-order valence-electron chi connectivity index (χ4n) is 1.57. The Bertz CT molecular complexity index is 154. The summed E-state index contributed by atoms with van der Waals surface area (Å²) in [6.07, 6.45) is 7.70. The average Bonchev–Trinajstić information content (AvgIpc) is 2.05. The molecule has 0 aliphatic carbocycles. The molecular formula is C8H12N2. The van der Waals surface area contributed by atoms with Crippen LogP contribution in [-0.2, 0) is 0 Å². The highest BCUT2D eigenvalue weighted by molar-refractivity contribution is 5.65. The molecule has 0 saturated heterocycles. The predicted molar refractivity (Wildman–Crippen MR) is 42.4 cm³/mol. The molecule has 0 bridgehead atoms. The second-order valence-electron chi connectivity index (χ2n) is 2.86. The Hall–Kier alpha value is -0.630. The lowest BCUT2D eigenvalue weighted by Gasteiger charge is -2.28. The van der Waals surface area contributed by atoms with Crippen molar-refractivity contribution in [2.75, 3.05) is 13.1 Å². The number of rotatable bonds is 0. The van der Waals surface area contributed by atoms with Gasteiger partial charge >= 0.3 is 0 Å². The monoisotopic (exact) mass is 136 g/mol. The van der Waals surface area contributed by atoms with Gasteiger partial charge in [0.05, 0.1) is 0 Å². The molecule has 54 valence electrons. The molecule has 2 aliphatic heterocycles.